The summed E-state index contributed by atoms with van der Waals surface area (Å²) in [6.45, 7) is 0.986. The normalized spacial score (nSPS) is 14.5. The number of anilines is 2. The SMILES string of the molecule is Cc1cccc(NC(=O)N2CCC(=O)c3ccccc3N(CC(=O)O)C(=O)C2)c1. The molecule has 3 amide bonds. The number of para-hydroxylation sites is 1. The highest BCUT2D eigenvalue weighted by Crippen LogP contribution is 2.24. The first-order valence-corrected chi connectivity index (χ1v) is 9.12. The van der Waals surface area contributed by atoms with Gasteiger partial charge in [-0.05, 0) is 36.8 Å². The molecule has 0 atom stereocenters. The summed E-state index contributed by atoms with van der Waals surface area (Å²) in [5.41, 5.74) is 2.04. The number of hydrogen-bond donors (Lipinski definition) is 2. The predicted octanol–water partition coefficient (Wildman–Crippen LogP) is 2.53. The standard InChI is InChI=1S/C21H21N3O5/c1-14-5-4-6-15(11-14)22-21(29)23-10-9-18(25)16-7-2-3-8-17(16)24(13-20(27)28)19(26)12-23/h2-8,11H,9-10,12-13H2,1H3,(H,22,29)(H,27,28). The lowest BCUT2D eigenvalue weighted by atomic mass is 10.1. The maximum absolute atomic E-state index is 12.9. The number of carbonyl (C=O) groups is 4. The molecule has 8 nitrogen and oxygen atoms in total. The van der Waals surface area contributed by atoms with Crippen LogP contribution in [-0.4, -0.2) is 53.3 Å². The Balaban J connectivity index is 1.89. The number of nitrogens with one attached hydrogen (secondary N) is 1. The Labute approximate surface area is 167 Å². The lowest BCUT2D eigenvalue weighted by molar-refractivity contribution is -0.136. The fourth-order valence-corrected chi connectivity index (χ4v) is 3.19. The van der Waals surface area contributed by atoms with E-state index in [2.05, 4.69) is 5.32 Å². The maximum Gasteiger partial charge on any atom is 0.323 e. The number of nitrogens with zero attached hydrogens (tertiary/aromatic N) is 2. The molecule has 0 radical (unpaired) electrons. The number of urea groups is 1. The minimum atomic E-state index is -1.21. The molecule has 1 heterocycles. The number of Topliss-reactive ketones (excluding diaryl/α,β-unsaturated/α-hetero) is 1. The van der Waals surface area contributed by atoms with Gasteiger partial charge in [-0.1, -0.05) is 24.3 Å². The zero-order chi connectivity index (χ0) is 21.0. The Morgan fingerprint density at radius 2 is 1.86 bits per heavy atom. The summed E-state index contributed by atoms with van der Waals surface area (Å²) < 4.78 is 0. The molecule has 0 bridgehead atoms. The van der Waals surface area contributed by atoms with Crippen LogP contribution in [0.2, 0.25) is 0 Å². The Hall–Kier alpha value is -3.68. The number of aliphatic carboxylic acids is 1. The van der Waals surface area contributed by atoms with E-state index < -0.39 is 24.5 Å². The van der Waals surface area contributed by atoms with Gasteiger partial charge >= 0.3 is 12.0 Å². The van der Waals surface area contributed by atoms with Crippen LogP contribution < -0.4 is 10.2 Å². The first kappa shape index (κ1) is 20.1. The van der Waals surface area contributed by atoms with E-state index in [0.29, 0.717) is 5.69 Å². The first-order valence-electron chi connectivity index (χ1n) is 9.12. The van der Waals surface area contributed by atoms with E-state index in [9.17, 15) is 24.3 Å². The fourth-order valence-electron chi connectivity index (χ4n) is 3.19. The van der Waals surface area contributed by atoms with Crippen molar-refractivity contribution in [3.63, 3.8) is 0 Å². The second-order valence-electron chi connectivity index (χ2n) is 6.79. The zero-order valence-electron chi connectivity index (χ0n) is 15.9. The third kappa shape index (κ3) is 4.78. The molecule has 2 aromatic rings. The zero-order valence-corrected chi connectivity index (χ0v) is 15.9. The van der Waals surface area contributed by atoms with Gasteiger partial charge < -0.3 is 15.3 Å². The minimum absolute atomic E-state index is 0.0203. The lowest BCUT2D eigenvalue weighted by Crippen LogP contribution is -2.46. The molecule has 150 valence electrons. The fraction of sp³-hybridized carbons (Fsp3) is 0.238. The van der Waals surface area contributed by atoms with Crippen molar-refractivity contribution in [2.24, 2.45) is 0 Å². The van der Waals surface area contributed by atoms with Crippen molar-refractivity contribution < 1.29 is 24.3 Å². The van der Waals surface area contributed by atoms with E-state index in [1.807, 2.05) is 13.0 Å². The Kier molecular flexibility index (Phi) is 5.92. The van der Waals surface area contributed by atoms with Crippen LogP contribution in [0.5, 0.6) is 0 Å². The summed E-state index contributed by atoms with van der Waals surface area (Å²) in [5, 5.41) is 12.0. The van der Waals surface area contributed by atoms with Gasteiger partial charge in [0.25, 0.3) is 0 Å². The van der Waals surface area contributed by atoms with Gasteiger partial charge in [-0.25, -0.2) is 4.79 Å². The van der Waals surface area contributed by atoms with Crippen molar-refractivity contribution in [1.29, 1.82) is 0 Å². The quantitative estimate of drug-likeness (QED) is 0.831. The molecule has 1 aliphatic rings. The smallest absolute Gasteiger partial charge is 0.323 e. The Morgan fingerprint density at radius 1 is 1.10 bits per heavy atom. The first-order chi connectivity index (χ1) is 13.8. The monoisotopic (exact) mass is 395 g/mol. The molecular formula is C21H21N3O5. The van der Waals surface area contributed by atoms with E-state index in [1.54, 1.807) is 36.4 Å². The highest BCUT2D eigenvalue weighted by Gasteiger charge is 2.29. The summed E-state index contributed by atoms with van der Waals surface area (Å²) in [5.74, 6) is -2.05. The second kappa shape index (κ2) is 8.55. The lowest BCUT2D eigenvalue weighted by Gasteiger charge is -2.26. The molecule has 0 fully saturated rings. The van der Waals surface area contributed by atoms with Crippen LogP contribution >= 0.6 is 0 Å². The molecule has 8 heteroatoms. The third-order valence-electron chi connectivity index (χ3n) is 4.58. The number of aryl methyl sites for hydroxylation is 1. The number of benzene rings is 2. The van der Waals surface area contributed by atoms with E-state index in [1.165, 1.54) is 11.0 Å². The summed E-state index contributed by atoms with van der Waals surface area (Å²) in [4.78, 5) is 51.8. The van der Waals surface area contributed by atoms with E-state index in [4.69, 9.17) is 0 Å². The van der Waals surface area contributed by atoms with E-state index >= 15 is 0 Å². The van der Waals surface area contributed by atoms with Crippen molar-refractivity contribution in [1.82, 2.24) is 4.90 Å². The van der Waals surface area contributed by atoms with E-state index in [-0.39, 0.29) is 36.5 Å². The summed E-state index contributed by atoms with van der Waals surface area (Å²) in [6.07, 6.45) is 0.0203. The number of hydrogen-bond acceptors (Lipinski definition) is 4. The molecule has 0 aromatic heterocycles. The predicted molar refractivity (Wildman–Crippen MR) is 107 cm³/mol. The molecule has 0 unspecified atom stereocenters. The number of carboxylic acid groups (broad SMARTS) is 1. The van der Waals surface area contributed by atoms with Gasteiger partial charge in [0.05, 0.1) is 5.69 Å². The number of ketones is 1. The van der Waals surface area contributed by atoms with Crippen molar-refractivity contribution >= 4 is 35.1 Å². The van der Waals surface area contributed by atoms with Crippen LogP contribution in [0.3, 0.4) is 0 Å². The van der Waals surface area contributed by atoms with Gasteiger partial charge in [-0.3, -0.25) is 19.3 Å². The molecule has 0 saturated heterocycles. The molecule has 3 rings (SSSR count). The van der Waals surface area contributed by atoms with Crippen LogP contribution in [0.15, 0.2) is 48.5 Å². The summed E-state index contributed by atoms with van der Waals surface area (Å²) >= 11 is 0. The van der Waals surface area contributed by atoms with Crippen molar-refractivity contribution in [3.05, 3.63) is 59.7 Å². The number of rotatable bonds is 3. The summed E-state index contributed by atoms with van der Waals surface area (Å²) in [6, 6.07) is 13.0. The number of carboxylic acids is 1. The second-order valence-corrected chi connectivity index (χ2v) is 6.79. The van der Waals surface area contributed by atoms with Crippen molar-refractivity contribution in [3.8, 4) is 0 Å². The van der Waals surface area contributed by atoms with Gasteiger partial charge in [0.2, 0.25) is 5.91 Å². The van der Waals surface area contributed by atoms with Gasteiger partial charge in [0.15, 0.2) is 5.78 Å². The Morgan fingerprint density at radius 3 is 2.59 bits per heavy atom. The van der Waals surface area contributed by atoms with Crippen LogP contribution in [0.1, 0.15) is 22.3 Å². The van der Waals surface area contributed by atoms with Crippen LogP contribution in [0, 0.1) is 6.92 Å². The highest BCUT2D eigenvalue weighted by atomic mass is 16.4. The summed E-state index contributed by atoms with van der Waals surface area (Å²) in [7, 11) is 0. The molecule has 1 aliphatic heterocycles. The molecular weight excluding hydrogens is 374 g/mol. The van der Waals surface area contributed by atoms with E-state index in [0.717, 1.165) is 10.5 Å². The maximum atomic E-state index is 12.9. The van der Waals surface area contributed by atoms with Crippen LogP contribution in [-0.2, 0) is 9.59 Å². The minimum Gasteiger partial charge on any atom is -0.480 e. The van der Waals surface area contributed by atoms with Crippen molar-refractivity contribution in [2.45, 2.75) is 13.3 Å². The average molecular weight is 395 g/mol. The molecule has 2 N–H and O–H groups in total. The van der Waals surface area contributed by atoms with Gasteiger partial charge in [0, 0.05) is 24.2 Å². The third-order valence-corrected chi connectivity index (χ3v) is 4.58. The topological polar surface area (TPSA) is 107 Å². The van der Waals surface area contributed by atoms with Gasteiger partial charge in [-0.2, -0.15) is 0 Å². The number of amides is 3. The van der Waals surface area contributed by atoms with Crippen LogP contribution in [0.4, 0.5) is 16.2 Å². The van der Waals surface area contributed by atoms with Crippen LogP contribution in [0.25, 0.3) is 0 Å². The van der Waals surface area contributed by atoms with Crippen molar-refractivity contribution in [2.75, 3.05) is 29.9 Å². The van der Waals surface area contributed by atoms with Gasteiger partial charge in [0.1, 0.15) is 13.1 Å². The average Bonchev–Trinajstić information content (AvgIpc) is 2.72. The highest BCUT2D eigenvalue weighted by molar-refractivity contribution is 6.09. The number of fused-ring (bicyclic) bond motifs is 1. The largest absolute Gasteiger partial charge is 0.480 e. The molecule has 2 aromatic carbocycles. The molecule has 0 aliphatic carbocycles. The molecule has 29 heavy (non-hydrogen) atoms. The molecule has 0 saturated carbocycles. The number of carbonyl (C=O) groups excluding carboxylic acids is 3. The Bertz CT molecular complexity index is 972. The van der Waals surface area contributed by atoms with Gasteiger partial charge in [-0.15, -0.1) is 0 Å². The molecule has 0 spiro atoms.